The highest BCUT2D eigenvalue weighted by molar-refractivity contribution is 5.70. The van der Waals surface area contributed by atoms with Crippen molar-refractivity contribution in [1.29, 1.82) is 0 Å². The van der Waals surface area contributed by atoms with Gasteiger partial charge in [0, 0.05) is 6.42 Å². The molecule has 23 heavy (non-hydrogen) atoms. The molecule has 0 saturated carbocycles. The summed E-state index contributed by atoms with van der Waals surface area (Å²) in [7, 11) is 0. The van der Waals surface area contributed by atoms with Gasteiger partial charge in [0.05, 0.1) is 0 Å². The minimum absolute atomic E-state index is 0.290. The third kappa shape index (κ3) is 3.53. The summed E-state index contributed by atoms with van der Waals surface area (Å²) in [6.07, 6.45) is 4.93. The van der Waals surface area contributed by atoms with Crippen LogP contribution in [0.3, 0.4) is 0 Å². The third-order valence-corrected chi connectivity index (χ3v) is 3.72. The van der Waals surface area contributed by atoms with E-state index in [1.807, 2.05) is 60.7 Å². The molecule has 0 aliphatic carbocycles. The van der Waals surface area contributed by atoms with Gasteiger partial charge in [0.25, 0.3) is 0 Å². The first-order chi connectivity index (χ1) is 11.3. The van der Waals surface area contributed by atoms with Crippen molar-refractivity contribution in [1.82, 2.24) is 5.06 Å². The van der Waals surface area contributed by atoms with Gasteiger partial charge in [0.1, 0.15) is 12.6 Å². The lowest BCUT2D eigenvalue weighted by atomic mass is 10.0. The molecule has 1 saturated heterocycles. The number of ether oxygens (including phenoxy) is 1. The van der Waals surface area contributed by atoms with Crippen LogP contribution in [0.2, 0.25) is 0 Å². The largest absolute Gasteiger partial charge is 0.435 e. The zero-order valence-corrected chi connectivity index (χ0v) is 12.6. The Labute approximate surface area is 135 Å². The highest BCUT2D eigenvalue weighted by Crippen LogP contribution is 2.24. The Morgan fingerprint density at radius 3 is 2.26 bits per heavy atom. The van der Waals surface area contributed by atoms with Gasteiger partial charge in [0.15, 0.2) is 6.10 Å². The van der Waals surface area contributed by atoms with Gasteiger partial charge in [-0.05, 0) is 11.1 Å². The molecule has 1 fully saturated rings. The molecule has 4 heteroatoms. The number of terminal acetylenes is 1. The average molecular weight is 307 g/mol. The van der Waals surface area contributed by atoms with Crippen LogP contribution in [0.4, 0.5) is 4.79 Å². The minimum Gasteiger partial charge on any atom is -0.429 e. The number of hydroxylamine groups is 2. The molecule has 2 unspecified atom stereocenters. The van der Waals surface area contributed by atoms with Crippen LogP contribution >= 0.6 is 0 Å². The Kier molecular flexibility index (Phi) is 4.60. The second-order valence-electron chi connectivity index (χ2n) is 5.31. The van der Waals surface area contributed by atoms with E-state index < -0.39 is 12.2 Å². The molecule has 1 amide bonds. The summed E-state index contributed by atoms with van der Waals surface area (Å²) < 4.78 is 5.22. The maximum Gasteiger partial charge on any atom is 0.435 e. The van der Waals surface area contributed by atoms with Crippen LogP contribution in [0, 0.1) is 12.3 Å². The maximum atomic E-state index is 12.0. The fraction of sp³-hybridized carbons (Fsp3) is 0.211. The normalized spacial score (nSPS) is 20.1. The van der Waals surface area contributed by atoms with Crippen LogP contribution in [0.1, 0.15) is 11.1 Å². The lowest BCUT2D eigenvalue weighted by Crippen LogP contribution is -2.38. The molecular weight excluding hydrogens is 290 g/mol. The predicted molar refractivity (Wildman–Crippen MR) is 86.1 cm³/mol. The van der Waals surface area contributed by atoms with Gasteiger partial charge in [-0.15, -0.1) is 6.42 Å². The van der Waals surface area contributed by atoms with Crippen LogP contribution in [-0.4, -0.2) is 23.3 Å². The third-order valence-electron chi connectivity index (χ3n) is 3.72. The Morgan fingerprint density at radius 2 is 1.65 bits per heavy atom. The lowest BCUT2D eigenvalue weighted by molar-refractivity contribution is -0.142. The molecule has 2 aromatic carbocycles. The van der Waals surface area contributed by atoms with Crippen molar-refractivity contribution in [3.8, 4) is 12.3 Å². The first-order valence-electron chi connectivity index (χ1n) is 7.44. The van der Waals surface area contributed by atoms with E-state index >= 15 is 0 Å². The van der Waals surface area contributed by atoms with Gasteiger partial charge in [-0.3, -0.25) is 4.84 Å². The van der Waals surface area contributed by atoms with E-state index in [0.717, 1.165) is 11.1 Å². The molecule has 4 nitrogen and oxygen atoms in total. The fourth-order valence-corrected chi connectivity index (χ4v) is 2.55. The zero-order valence-electron chi connectivity index (χ0n) is 12.6. The van der Waals surface area contributed by atoms with Gasteiger partial charge in [-0.25, -0.2) is 4.79 Å². The zero-order chi connectivity index (χ0) is 16.1. The van der Waals surface area contributed by atoms with Gasteiger partial charge in [-0.2, -0.15) is 5.06 Å². The molecule has 1 aliphatic rings. The molecule has 116 valence electrons. The second-order valence-corrected chi connectivity index (χ2v) is 5.31. The van der Waals surface area contributed by atoms with Crippen LogP contribution in [-0.2, 0) is 22.6 Å². The van der Waals surface area contributed by atoms with E-state index in [2.05, 4.69) is 5.92 Å². The average Bonchev–Trinajstić information content (AvgIpc) is 2.90. The Hall–Kier alpha value is -2.77. The summed E-state index contributed by atoms with van der Waals surface area (Å²) in [4.78, 5) is 17.7. The van der Waals surface area contributed by atoms with Crippen LogP contribution in [0.15, 0.2) is 60.7 Å². The second kappa shape index (κ2) is 6.99. The summed E-state index contributed by atoms with van der Waals surface area (Å²) in [5.74, 6) is 2.53. The molecule has 0 bridgehead atoms. The van der Waals surface area contributed by atoms with Crippen molar-refractivity contribution in [2.24, 2.45) is 0 Å². The van der Waals surface area contributed by atoms with Crippen LogP contribution in [0.5, 0.6) is 0 Å². The standard InChI is InChI=1S/C19H17NO3/c1-2-18-17(13-15-9-5-3-6-10-15)20(19(21)23-18)22-14-16-11-7-4-8-12-16/h1,3-12,17-18H,13-14H2. The molecular formula is C19H17NO3. The lowest BCUT2D eigenvalue weighted by Gasteiger charge is -2.22. The van der Waals surface area contributed by atoms with E-state index in [9.17, 15) is 4.79 Å². The van der Waals surface area contributed by atoms with Crippen LogP contribution < -0.4 is 0 Å². The molecule has 2 atom stereocenters. The molecule has 0 radical (unpaired) electrons. The monoisotopic (exact) mass is 307 g/mol. The minimum atomic E-state index is -0.613. The predicted octanol–water partition coefficient (Wildman–Crippen LogP) is 3.18. The van der Waals surface area contributed by atoms with Gasteiger partial charge >= 0.3 is 6.09 Å². The number of carbonyl (C=O) groups is 1. The highest BCUT2D eigenvalue weighted by atomic mass is 16.7. The van der Waals surface area contributed by atoms with E-state index in [-0.39, 0.29) is 6.04 Å². The first kappa shape index (κ1) is 15.1. The van der Waals surface area contributed by atoms with Gasteiger partial charge in [0.2, 0.25) is 0 Å². The first-order valence-corrected chi connectivity index (χ1v) is 7.44. The highest BCUT2D eigenvalue weighted by Gasteiger charge is 2.42. The number of hydrogen-bond donors (Lipinski definition) is 0. The molecule has 1 aliphatic heterocycles. The Balaban J connectivity index is 1.73. The van der Waals surface area contributed by atoms with E-state index in [1.54, 1.807) is 0 Å². The smallest absolute Gasteiger partial charge is 0.429 e. The number of cyclic esters (lactones) is 1. The number of benzene rings is 2. The van der Waals surface area contributed by atoms with E-state index in [0.29, 0.717) is 13.0 Å². The van der Waals surface area contributed by atoms with Crippen molar-refractivity contribution in [2.45, 2.75) is 25.2 Å². The summed E-state index contributed by atoms with van der Waals surface area (Å²) in [5, 5.41) is 1.27. The van der Waals surface area contributed by atoms with Crippen molar-refractivity contribution >= 4 is 6.09 Å². The molecule has 3 rings (SSSR count). The quantitative estimate of drug-likeness (QED) is 0.796. The summed E-state index contributed by atoms with van der Waals surface area (Å²) in [6.45, 7) is 0.290. The molecule has 0 spiro atoms. The topological polar surface area (TPSA) is 38.8 Å². The van der Waals surface area contributed by atoms with Crippen molar-refractivity contribution in [2.75, 3.05) is 0 Å². The van der Waals surface area contributed by atoms with Crippen LogP contribution in [0.25, 0.3) is 0 Å². The number of carbonyl (C=O) groups excluding carboxylic acids is 1. The summed E-state index contributed by atoms with van der Waals surface area (Å²) in [5.41, 5.74) is 2.05. The number of hydrogen-bond acceptors (Lipinski definition) is 3. The van der Waals surface area contributed by atoms with Crippen molar-refractivity contribution in [3.63, 3.8) is 0 Å². The molecule has 0 aromatic heterocycles. The van der Waals surface area contributed by atoms with Crippen molar-refractivity contribution < 1.29 is 14.4 Å². The number of amides is 1. The summed E-state index contributed by atoms with van der Waals surface area (Å²) >= 11 is 0. The molecule has 2 aromatic rings. The number of rotatable bonds is 5. The van der Waals surface area contributed by atoms with Gasteiger partial charge < -0.3 is 4.74 Å². The molecule has 1 heterocycles. The Morgan fingerprint density at radius 1 is 1.04 bits per heavy atom. The molecule has 0 N–H and O–H groups in total. The van der Waals surface area contributed by atoms with Crippen molar-refractivity contribution in [3.05, 3.63) is 71.8 Å². The van der Waals surface area contributed by atoms with Gasteiger partial charge in [-0.1, -0.05) is 66.6 Å². The maximum absolute atomic E-state index is 12.0. The number of nitrogens with zero attached hydrogens (tertiary/aromatic N) is 1. The van der Waals surface area contributed by atoms with E-state index in [4.69, 9.17) is 16.0 Å². The SMILES string of the molecule is C#CC1OC(=O)N(OCc2ccccc2)C1Cc1ccccc1. The Bertz CT molecular complexity index is 694. The fourth-order valence-electron chi connectivity index (χ4n) is 2.55. The van der Waals surface area contributed by atoms with E-state index in [1.165, 1.54) is 5.06 Å². The summed E-state index contributed by atoms with van der Waals surface area (Å²) in [6, 6.07) is 19.1.